The van der Waals surface area contributed by atoms with E-state index in [4.69, 9.17) is 25.5 Å². The predicted molar refractivity (Wildman–Crippen MR) is 142 cm³/mol. The molecule has 1 heterocycles. The lowest BCUT2D eigenvalue weighted by Crippen LogP contribution is -2.37. The first-order valence-electron chi connectivity index (χ1n) is 10.6. The number of hydrogen-bond donors (Lipinski definition) is 3. The van der Waals surface area contributed by atoms with Crippen LogP contribution in [-0.4, -0.2) is 37.1 Å². The lowest BCUT2D eigenvalue weighted by atomic mass is 10.2. The number of nitrogens with zero attached hydrogens (tertiary/aromatic N) is 1. The van der Waals surface area contributed by atoms with Crippen LogP contribution in [0.3, 0.4) is 0 Å². The molecule has 0 fully saturated rings. The molecule has 0 aliphatic carbocycles. The maximum Gasteiger partial charge on any atom is 0.329 e. The van der Waals surface area contributed by atoms with Crippen molar-refractivity contribution in [2.75, 3.05) is 18.5 Å². The summed E-state index contributed by atoms with van der Waals surface area (Å²) in [6, 6.07) is 13.5. The smallest absolute Gasteiger partial charge is 0.329 e. The molecule has 0 aliphatic rings. The number of halogens is 2. The second kappa shape index (κ2) is 13.5. The van der Waals surface area contributed by atoms with Crippen molar-refractivity contribution in [2.45, 2.75) is 13.5 Å². The summed E-state index contributed by atoms with van der Waals surface area (Å²) in [5.41, 5.74) is 3.30. The number of anilines is 1. The van der Waals surface area contributed by atoms with E-state index < -0.39 is 11.8 Å². The van der Waals surface area contributed by atoms with Crippen molar-refractivity contribution in [3.05, 3.63) is 74.7 Å². The second-order valence-electron chi connectivity index (χ2n) is 7.07. The molecule has 0 bridgehead atoms. The Hall–Kier alpha value is -3.58. The minimum Gasteiger partial charge on any atom is -0.490 e. The molecule has 36 heavy (non-hydrogen) atoms. The lowest BCUT2D eigenvalue weighted by Gasteiger charge is -2.14. The average molecular weight is 625 g/mol. The van der Waals surface area contributed by atoms with Crippen molar-refractivity contribution in [3.63, 3.8) is 0 Å². The number of furan rings is 1. The van der Waals surface area contributed by atoms with Crippen molar-refractivity contribution in [1.82, 2.24) is 10.7 Å². The molecule has 1 aromatic heterocycles. The minimum atomic E-state index is -0.928. The van der Waals surface area contributed by atoms with Crippen molar-refractivity contribution >= 4 is 63.8 Å². The van der Waals surface area contributed by atoms with Gasteiger partial charge in [-0.3, -0.25) is 14.4 Å². The molecule has 0 saturated heterocycles. The van der Waals surface area contributed by atoms with Gasteiger partial charge in [0.2, 0.25) is 0 Å². The van der Waals surface area contributed by atoms with Gasteiger partial charge < -0.3 is 24.5 Å². The molecule has 0 aliphatic heterocycles. The molecule has 3 N–H and O–H groups in total. The topological polar surface area (TPSA) is 131 Å². The zero-order chi connectivity index (χ0) is 25.9. The van der Waals surface area contributed by atoms with Gasteiger partial charge in [-0.05, 0) is 77.5 Å². The van der Waals surface area contributed by atoms with E-state index in [1.54, 1.807) is 48.5 Å². The highest BCUT2D eigenvalue weighted by Gasteiger charge is 2.15. The normalized spacial score (nSPS) is 10.6. The van der Waals surface area contributed by atoms with Crippen LogP contribution in [-0.2, 0) is 20.9 Å². The molecule has 0 unspecified atom stereocenters. The zero-order valence-corrected chi connectivity index (χ0v) is 22.0. The van der Waals surface area contributed by atoms with E-state index in [0.717, 1.165) is 0 Å². The molecule has 0 radical (unpaired) electrons. The van der Waals surface area contributed by atoms with E-state index in [1.165, 1.54) is 12.5 Å². The first-order valence-corrected chi connectivity index (χ1v) is 12.1. The van der Waals surface area contributed by atoms with Gasteiger partial charge in [-0.2, -0.15) is 5.10 Å². The minimum absolute atomic E-state index is 0.0808. The summed E-state index contributed by atoms with van der Waals surface area (Å²) < 4.78 is 17.1. The molecule has 3 rings (SSSR count). The van der Waals surface area contributed by atoms with Gasteiger partial charge in [0, 0.05) is 10.7 Å². The van der Waals surface area contributed by atoms with Gasteiger partial charge in [0.25, 0.3) is 5.91 Å². The Balaban J connectivity index is 1.58. The van der Waals surface area contributed by atoms with Crippen LogP contribution in [0.2, 0.25) is 5.02 Å². The Morgan fingerprint density at radius 3 is 2.67 bits per heavy atom. The van der Waals surface area contributed by atoms with Crippen LogP contribution in [0.1, 0.15) is 18.2 Å². The molecule has 0 atom stereocenters. The summed E-state index contributed by atoms with van der Waals surface area (Å²) in [5, 5.41) is 9.46. The van der Waals surface area contributed by atoms with Crippen LogP contribution in [0.15, 0.2) is 64.3 Å². The molecule has 2 aromatic carbocycles. The Morgan fingerprint density at radius 1 is 1.11 bits per heavy atom. The Bertz CT molecular complexity index is 1250. The van der Waals surface area contributed by atoms with Crippen LogP contribution in [0.4, 0.5) is 5.69 Å². The van der Waals surface area contributed by atoms with Crippen molar-refractivity contribution in [1.29, 1.82) is 0 Å². The maximum absolute atomic E-state index is 12.3. The van der Waals surface area contributed by atoms with Gasteiger partial charge in [0.05, 0.1) is 29.2 Å². The van der Waals surface area contributed by atoms with Gasteiger partial charge in [0.1, 0.15) is 5.76 Å². The molecule has 3 amide bonds. The molecule has 3 aromatic rings. The third-order valence-electron chi connectivity index (χ3n) is 4.38. The Labute approximate surface area is 225 Å². The predicted octanol–water partition coefficient (Wildman–Crippen LogP) is 3.72. The quantitative estimate of drug-likeness (QED) is 0.136. The fourth-order valence-electron chi connectivity index (χ4n) is 2.84. The monoisotopic (exact) mass is 624 g/mol. The highest BCUT2D eigenvalue weighted by molar-refractivity contribution is 14.1. The summed E-state index contributed by atoms with van der Waals surface area (Å²) in [6.45, 7) is 2.00. The number of hydrogen-bond acceptors (Lipinski definition) is 7. The van der Waals surface area contributed by atoms with Gasteiger partial charge in [-0.1, -0.05) is 17.7 Å². The van der Waals surface area contributed by atoms with Crippen LogP contribution < -0.4 is 25.5 Å². The van der Waals surface area contributed by atoms with Crippen LogP contribution in [0.25, 0.3) is 0 Å². The summed E-state index contributed by atoms with van der Waals surface area (Å²) in [6.07, 6.45) is 2.83. The summed E-state index contributed by atoms with van der Waals surface area (Å²) in [4.78, 5) is 36.1. The molecular weight excluding hydrogens is 603 g/mol. The first-order chi connectivity index (χ1) is 17.4. The van der Waals surface area contributed by atoms with Crippen molar-refractivity contribution in [2.24, 2.45) is 5.10 Å². The number of benzene rings is 2. The molecule has 0 saturated carbocycles. The highest BCUT2D eigenvalue weighted by Crippen LogP contribution is 2.34. The van der Waals surface area contributed by atoms with Gasteiger partial charge >= 0.3 is 11.8 Å². The van der Waals surface area contributed by atoms with Crippen LogP contribution in [0.5, 0.6) is 11.5 Å². The van der Waals surface area contributed by atoms with Crippen molar-refractivity contribution < 1.29 is 28.3 Å². The van der Waals surface area contributed by atoms with E-state index in [0.29, 0.717) is 43.7 Å². The molecule has 10 nitrogen and oxygen atoms in total. The molecule has 12 heteroatoms. The molecule has 188 valence electrons. The summed E-state index contributed by atoms with van der Waals surface area (Å²) in [7, 11) is 0. The number of carbonyl (C=O) groups is 3. The van der Waals surface area contributed by atoms with E-state index in [1.807, 2.05) is 29.5 Å². The average Bonchev–Trinajstić information content (AvgIpc) is 3.36. The Kier molecular flexibility index (Phi) is 10.1. The third-order valence-corrected chi connectivity index (χ3v) is 5.41. The van der Waals surface area contributed by atoms with E-state index in [9.17, 15) is 14.4 Å². The number of ether oxygens (including phenoxy) is 2. The maximum atomic E-state index is 12.3. The van der Waals surface area contributed by atoms with Gasteiger partial charge in [-0.25, -0.2) is 5.43 Å². The zero-order valence-electron chi connectivity index (χ0n) is 19.0. The van der Waals surface area contributed by atoms with Gasteiger partial charge in [-0.15, -0.1) is 0 Å². The standard InChI is InChI=1S/C24H22ClIN4O6/c1-2-34-20-10-15(12-28-30-24(33)23(32)27-13-18-7-4-8-35-18)9-19(26)22(20)36-14-21(31)29-17-6-3-5-16(25)11-17/h3-12H,2,13-14H2,1H3,(H,27,32)(H,29,31)(H,30,33)/b28-12-. The second-order valence-corrected chi connectivity index (χ2v) is 8.67. The summed E-state index contributed by atoms with van der Waals surface area (Å²) in [5.74, 6) is -0.853. The number of rotatable bonds is 10. The molecular formula is C24H22ClIN4O6. The fraction of sp³-hybridized carbons (Fsp3) is 0.167. The van der Waals surface area contributed by atoms with Crippen molar-refractivity contribution in [3.8, 4) is 11.5 Å². The van der Waals surface area contributed by atoms with E-state index in [2.05, 4.69) is 21.2 Å². The van der Waals surface area contributed by atoms with E-state index >= 15 is 0 Å². The molecule has 0 spiro atoms. The van der Waals surface area contributed by atoms with E-state index in [-0.39, 0.29) is 19.1 Å². The number of nitrogens with one attached hydrogen (secondary N) is 3. The number of hydrazone groups is 1. The Morgan fingerprint density at radius 2 is 1.94 bits per heavy atom. The third kappa shape index (κ3) is 8.27. The number of carbonyl (C=O) groups excluding carboxylic acids is 3. The largest absolute Gasteiger partial charge is 0.490 e. The fourth-order valence-corrected chi connectivity index (χ4v) is 3.81. The van der Waals surface area contributed by atoms with Crippen LogP contribution in [0, 0.1) is 3.57 Å². The van der Waals surface area contributed by atoms with Crippen LogP contribution >= 0.6 is 34.2 Å². The highest BCUT2D eigenvalue weighted by atomic mass is 127. The first kappa shape index (κ1) is 27.0. The van der Waals surface area contributed by atoms with Gasteiger partial charge in [0.15, 0.2) is 18.1 Å². The summed E-state index contributed by atoms with van der Waals surface area (Å²) >= 11 is 7.98. The SMILES string of the molecule is CCOc1cc(/C=N\NC(=O)C(=O)NCc2ccco2)cc(I)c1OCC(=O)Nc1cccc(Cl)c1. The number of amides is 3. The lowest BCUT2D eigenvalue weighted by molar-refractivity contribution is -0.139.